The van der Waals surface area contributed by atoms with Crippen LogP contribution in [0.1, 0.15) is 12.2 Å². The Morgan fingerprint density at radius 1 is 1.29 bits per heavy atom. The largest absolute Gasteiger partial charge is 0.508 e. The van der Waals surface area contributed by atoms with Crippen molar-refractivity contribution in [1.29, 1.82) is 0 Å². The molecule has 0 atom stereocenters. The van der Waals surface area contributed by atoms with Gasteiger partial charge in [-0.1, -0.05) is 17.3 Å². The molecule has 5 nitrogen and oxygen atoms in total. The number of aromatic hydroxyl groups is 1. The van der Waals surface area contributed by atoms with E-state index in [4.69, 9.17) is 9.63 Å². The molecule has 2 N–H and O–H groups in total. The second-order valence-electron chi connectivity index (χ2n) is 3.60. The Balaban J connectivity index is 2.24. The van der Waals surface area contributed by atoms with Crippen LogP contribution in [0.2, 0.25) is 0 Å². The van der Waals surface area contributed by atoms with Crippen molar-refractivity contribution in [3.63, 3.8) is 0 Å². The second kappa shape index (κ2) is 4.69. The van der Waals surface area contributed by atoms with Crippen LogP contribution >= 0.6 is 0 Å². The highest BCUT2D eigenvalue weighted by atomic mass is 16.5. The third-order valence-electron chi connectivity index (χ3n) is 2.39. The number of nitrogens with zero attached hydrogens (tertiary/aromatic N) is 1. The molecule has 0 aliphatic carbocycles. The molecular formula is C12H11NO4. The smallest absolute Gasteiger partial charge is 0.303 e. The molecule has 0 bridgehead atoms. The van der Waals surface area contributed by atoms with Crippen molar-refractivity contribution >= 4 is 5.97 Å². The van der Waals surface area contributed by atoms with Gasteiger partial charge in [-0.2, -0.15) is 0 Å². The fourth-order valence-corrected chi connectivity index (χ4v) is 1.54. The van der Waals surface area contributed by atoms with Gasteiger partial charge in [-0.3, -0.25) is 4.79 Å². The minimum Gasteiger partial charge on any atom is -0.508 e. The van der Waals surface area contributed by atoms with Gasteiger partial charge in [-0.25, -0.2) is 0 Å². The highest BCUT2D eigenvalue weighted by Crippen LogP contribution is 2.26. The monoisotopic (exact) mass is 233 g/mol. The first-order valence-electron chi connectivity index (χ1n) is 5.11. The molecule has 1 aromatic carbocycles. The van der Waals surface area contributed by atoms with Crippen molar-refractivity contribution in [3.8, 4) is 16.9 Å². The van der Waals surface area contributed by atoms with E-state index >= 15 is 0 Å². The molecule has 5 heteroatoms. The van der Waals surface area contributed by atoms with Gasteiger partial charge in [-0.05, 0) is 17.7 Å². The number of carboxylic acids is 1. The van der Waals surface area contributed by atoms with Gasteiger partial charge in [0, 0.05) is 12.0 Å². The summed E-state index contributed by atoms with van der Waals surface area (Å²) in [6.45, 7) is 0. The molecule has 0 amide bonds. The molecule has 1 aromatic heterocycles. The minimum atomic E-state index is -0.877. The number of phenolic OH excluding ortho intramolecular Hbond substituents is 1. The SMILES string of the molecule is O=C(O)CCc1oncc1-c1ccc(O)cc1. The molecule has 0 fully saturated rings. The lowest BCUT2D eigenvalue weighted by molar-refractivity contribution is -0.137. The van der Waals surface area contributed by atoms with Crippen molar-refractivity contribution in [3.05, 3.63) is 36.2 Å². The van der Waals surface area contributed by atoms with E-state index in [0.29, 0.717) is 12.2 Å². The van der Waals surface area contributed by atoms with E-state index in [9.17, 15) is 9.90 Å². The average molecular weight is 233 g/mol. The molecule has 0 radical (unpaired) electrons. The lowest BCUT2D eigenvalue weighted by atomic mass is 10.0. The summed E-state index contributed by atoms with van der Waals surface area (Å²) in [5.41, 5.74) is 1.59. The van der Waals surface area contributed by atoms with E-state index in [0.717, 1.165) is 11.1 Å². The number of aryl methyl sites for hydroxylation is 1. The highest BCUT2D eigenvalue weighted by molar-refractivity contribution is 5.69. The summed E-state index contributed by atoms with van der Waals surface area (Å²) in [5.74, 6) is -0.159. The Hall–Kier alpha value is -2.30. The van der Waals surface area contributed by atoms with Crippen molar-refractivity contribution in [2.24, 2.45) is 0 Å². The fourth-order valence-electron chi connectivity index (χ4n) is 1.54. The Kier molecular flexibility index (Phi) is 3.09. The summed E-state index contributed by atoms with van der Waals surface area (Å²) in [6, 6.07) is 6.57. The molecule has 2 rings (SSSR count). The zero-order chi connectivity index (χ0) is 12.3. The van der Waals surface area contributed by atoms with Crippen molar-refractivity contribution in [1.82, 2.24) is 5.16 Å². The van der Waals surface area contributed by atoms with Crippen LogP contribution in [0.15, 0.2) is 35.0 Å². The normalized spacial score (nSPS) is 10.4. The summed E-state index contributed by atoms with van der Waals surface area (Å²) in [6.07, 6.45) is 1.84. The van der Waals surface area contributed by atoms with Crippen molar-refractivity contribution in [2.75, 3.05) is 0 Å². The quantitative estimate of drug-likeness (QED) is 0.844. The Bertz CT molecular complexity index is 516. The first-order chi connectivity index (χ1) is 8.16. The van der Waals surface area contributed by atoms with Crippen LogP contribution < -0.4 is 0 Å². The van der Waals surface area contributed by atoms with Gasteiger partial charge in [0.15, 0.2) is 0 Å². The number of hydrogen-bond acceptors (Lipinski definition) is 4. The minimum absolute atomic E-state index is 0.000275. The van der Waals surface area contributed by atoms with E-state index in [1.807, 2.05) is 0 Å². The number of aromatic nitrogens is 1. The molecule has 17 heavy (non-hydrogen) atoms. The number of rotatable bonds is 4. The van der Waals surface area contributed by atoms with Gasteiger partial charge in [0.25, 0.3) is 0 Å². The van der Waals surface area contributed by atoms with Crippen LogP contribution in [0, 0.1) is 0 Å². The van der Waals surface area contributed by atoms with E-state index < -0.39 is 5.97 Å². The summed E-state index contributed by atoms with van der Waals surface area (Å²) < 4.78 is 5.02. The van der Waals surface area contributed by atoms with Crippen LogP contribution in [-0.4, -0.2) is 21.3 Å². The summed E-state index contributed by atoms with van der Waals surface area (Å²) in [4.78, 5) is 10.5. The molecule has 0 spiro atoms. The van der Waals surface area contributed by atoms with Gasteiger partial charge in [0.2, 0.25) is 0 Å². The molecule has 0 aliphatic heterocycles. The topological polar surface area (TPSA) is 83.6 Å². The maximum atomic E-state index is 10.5. The zero-order valence-electron chi connectivity index (χ0n) is 8.96. The summed E-state index contributed by atoms with van der Waals surface area (Å²) in [5, 5.41) is 21.5. The molecule has 0 saturated heterocycles. The number of benzene rings is 1. The third-order valence-corrected chi connectivity index (χ3v) is 2.39. The van der Waals surface area contributed by atoms with Crippen LogP contribution in [0.3, 0.4) is 0 Å². The number of aliphatic carboxylic acids is 1. The van der Waals surface area contributed by atoms with E-state index in [-0.39, 0.29) is 12.2 Å². The lowest BCUT2D eigenvalue weighted by Crippen LogP contribution is -1.97. The van der Waals surface area contributed by atoms with E-state index in [1.54, 1.807) is 30.5 Å². The van der Waals surface area contributed by atoms with Crippen molar-refractivity contribution < 1.29 is 19.5 Å². The first kappa shape index (κ1) is 11.2. The zero-order valence-corrected chi connectivity index (χ0v) is 8.96. The maximum Gasteiger partial charge on any atom is 0.303 e. The molecule has 0 unspecified atom stereocenters. The third kappa shape index (κ3) is 2.63. The van der Waals surface area contributed by atoms with Crippen LogP contribution in [0.25, 0.3) is 11.1 Å². The van der Waals surface area contributed by atoms with Crippen LogP contribution in [-0.2, 0) is 11.2 Å². The number of carbonyl (C=O) groups is 1. The predicted octanol–water partition coefficient (Wildman–Crippen LogP) is 2.06. The first-order valence-corrected chi connectivity index (χ1v) is 5.11. The van der Waals surface area contributed by atoms with Gasteiger partial charge in [0.05, 0.1) is 12.6 Å². The van der Waals surface area contributed by atoms with E-state index in [1.165, 1.54) is 0 Å². The number of phenols is 1. The lowest BCUT2D eigenvalue weighted by Gasteiger charge is -2.00. The molecular weight excluding hydrogens is 222 g/mol. The second-order valence-corrected chi connectivity index (χ2v) is 3.60. The van der Waals surface area contributed by atoms with E-state index in [2.05, 4.69) is 5.16 Å². The summed E-state index contributed by atoms with van der Waals surface area (Å²) >= 11 is 0. The van der Waals surface area contributed by atoms with Crippen LogP contribution in [0.4, 0.5) is 0 Å². The molecule has 2 aromatic rings. The standard InChI is InChI=1S/C12H11NO4/c14-9-3-1-8(2-4-9)10-7-13-17-11(10)5-6-12(15)16/h1-4,7,14H,5-6H2,(H,15,16). The highest BCUT2D eigenvalue weighted by Gasteiger charge is 2.11. The maximum absolute atomic E-state index is 10.5. The summed E-state index contributed by atoms with van der Waals surface area (Å²) in [7, 11) is 0. The molecule has 0 saturated carbocycles. The fraction of sp³-hybridized carbons (Fsp3) is 0.167. The van der Waals surface area contributed by atoms with Gasteiger partial charge in [0.1, 0.15) is 11.5 Å². The Labute approximate surface area is 97.3 Å². The van der Waals surface area contributed by atoms with Gasteiger partial charge < -0.3 is 14.7 Å². The van der Waals surface area contributed by atoms with Crippen LogP contribution in [0.5, 0.6) is 5.75 Å². The van der Waals surface area contributed by atoms with Gasteiger partial charge in [-0.15, -0.1) is 0 Å². The molecule has 88 valence electrons. The Morgan fingerprint density at radius 2 is 2.00 bits per heavy atom. The Morgan fingerprint density at radius 3 is 2.65 bits per heavy atom. The van der Waals surface area contributed by atoms with Gasteiger partial charge >= 0.3 is 5.97 Å². The number of carboxylic acid groups (broad SMARTS) is 1. The average Bonchev–Trinajstić information content (AvgIpc) is 2.75. The predicted molar refractivity (Wildman–Crippen MR) is 59.6 cm³/mol. The molecule has 0 aliphatic rings. The van der Waals surface area contributed by atoms with Crippen molar-refractivity contribution in [2.45, 2.75) is 12.8 Å². The number of hydrogen-bond donors (Lipinski definition) is 2. The molecule has 1 heterocycles.